The Balaban J connectivity index is 1.97. The van der Waals surface area contributed by atoms with Gasteiger partial charge in [0.25, 0.3) is 0 Å². The van der Waals surface area contributed by atoms with Crippen molar-refractivity contribution in [3.63, 3.8) is 0 Å². The largest absolute Gasteiger partial charge is 0.356 e. The number of aliphatic hydroxyl groups excluding tert-OH is 1. The van der Waals surface area contributed by atoms with Crippen LogP contribution >= 0.6 is 0 Å². The Kier molecular flexibility index (Phi) is 3.33. The third kappa shape index (κ3) is 2.15. The van der Waals surface area contributed by atoms with Crippen molar-refractivity contribution in [3.8, 4) is 0 Å². The molecular formula is C15H19N3O3. The topological polar surface area (TPSA) is 72.9 Å². The molecule has 112 valence electrons. The fourth-order valence-corrected chi connectivity index (χ4v) is 3.00. The summed E-state index contributed by atoms with van der Waals surface area (Å²) in [6.07, 6.45) is 0.738. The highest BCUT2D eigenvalue weighted by Gasteiger charge is 2.41. The average molecular weight is 289 g/mol. The minimum Gasteiger partial charge on any atom is -0.356 e. The van der Waals surface area contributed by atoms with E-state index in [1.54, 1.807) is 16.8 Å². The van der Waals surface area contributed by atoms with E-state index in [9.17, 15) is 14.7 Å². The van der Waals surface area contributed by atoms with Crippen molar-refractivity contribution in [2.45, 2.75) is 38.6 Å². The standard InChI is InChI=1S/C15H19N3O3/c1-3-9-4-5-10-12(8-9)17(2)15(21)18(10)11-6-7-13(19)16-14(11)20/h4-5,8,11,15,21H,3,6-7H2,1-2H3,(H,16,19,20)/t11-,15?/m0/s1. The summed E-state index contributed by atoms with van der Waals surface area (Å²) >= 11 is 0. The summed E-state index contributed by atoms with van der Waals surface area (Å²) in [5.41, 5.74) is 2.92. The van der Waals surface area contributed by atoms with Crippen LogP contribution < -0.4 is 15.1 Å². The van der Waals surface area contributed by atoms with Gasteiger partial charge in [0, 0.05) is 13.5 Å². The second kappa shape index (κ2) is 5.04. The van der Waals surface area contributed by atoms with Crippen LogP contribution in [0.5, 0.6) is 0 Å². The Morgan fingerprint density at radius 2 is 2.10 bits per heavy atom. The molecule has 0 aliphatic carbocycles. The quantitative estimate of drug-likeness (QED) is 0.780. The molecule has 2 aliphatic heterocycles. The molecule has 0 radical (unpaired) electrons. The van der Waals surface area contributed by atoms with E-state index >= 15 is 0 Å². The van der Waals surface area contributed by atoms with Gasteiger partial charge in [-0.1, -0.05) is 13.0 Å². The number of nitrogens with one attached hydrogen (secondary N) is 1. The van der Waals surface area contributed by atoms with Crippen LogP contribution in [0.4, 0.5) is 11.4 Å². The number of fused-ring (bicyclic) bond motifs is 1. The number of carbonyl (C=O) groups excluding carboxylic acids is 2. The van der Waals surface area contributed by atoms with Crippen LogP contribution in [-0.4, -0.2) is 36.4 Å². The van der Waals surface area contributed by atoms with E-state index in [0.29, 0.717) is 12.8 Å². The first-order valence-corrected chi connectivity index (χ1v) is 7.18. The van der Waals surface area contributed by atoms with Gasteiger partial charge in [0.1, 0.15) is 6.04 Å². The molecule has 1 aromatic carbocycles. The predicted molar refractivity (Wildman–Crippen MR) is 78.9 cm³/mol. The Labute approximate surface area is 123 Å². The third-order valence-electron chi connectivity index (χ3n) is 4.25. The SMILES string of the molecule is CCc1ccc2c(c1)N(C)C(O)N2[C@H]1CCC(=O)NC1=O. The number of aryl methyl sites for hydroxylation is 1. The van der Waals surface area contributed by atoms with Crippen molar-refractivity contribution in [1.82, 2.24) is 5.32 Å². The number of piperidine rings is 1. The number of aliphatic hydroxyl groups is 1. The molecule has 6 heteroatoms. The number of hydrogen-bond acceptors (Lipinski definition) is 5. The van der Waals surface area contributed by atoms with Crippen molar-refractivity contribution in [3.05, 3.63) is 23.8 Å². The summed E-state index contributed by atoms with van der Waals surface area (Å²) in [6, 6.07) is 5.45. The van der Waals surface area contributed by atoms with Gasteiger partial charge in [0.05, 0.1) is 11.4 Å². The lowest BCUT2D eigenvalue weighted by atomic mass is 10.0. The second-order valence-corrected chi connectivity index (χ2v) is 5.51. The fraction of sp³-hybridized carbons (Fsp3) is 0.467. The lowest BCUT2D eigenvalue weighted by molar-refractivity contribution is -0.134. The highest BCUT2D eigenvalue weighted by atomic mass is 16.3. The van der Waals surface area contributed by atoms with Crippen LogP contribution in [-0.2, 0) is 16.0 Å². The molecule has 2 amide bonds. The van der Waals surface area contributed by atoms with Gasteiger partial charge in [-0.15, -0.1) is 0 Å². The number of anilines is 2. The zero-order chi connectivity index (χ0) is 15.1. The predicted octanol–water partition coefficient (Wildman–Crippen LogP) is 0.586. The van der Waals surface area contributed by atoms with Crippen LogP contribution in [0.1, 0.15) is 25.3 Å². The van der Waals surface area contributed by atoms with Gasteiger partial charge in [-0.2, -0.15) is 0 Å². The van der Waals surface area contributed by atoms with E-state index in [2.05, 4.69) is 12.2 Å². The molecule has 1 aromatic rings. The number of rotatable bonds is 2. The number of carbonyl (C=O) groups is 2. The van der Waals surface area contributed by atoms with Crippen molar-refractivity contribution in [2.75, 3.05) is 16.8 Å². The molecule has 0 saturated carbocycles. The first-order valence-electron chi connectivity index (χ1n) is 7.18. The summed E-state index contributed by atoms with van der Waals surface area (Å²) in [5.74, 6) is -0.592. The van der Waals surface area contributed by atoms with Gasteiger partial charge >= 0.3 is 0 Å². The Morgan fingerprint density at radius 1 is 1.33 bits per heavy atom. The van der Waals surface area contributed by atoms with E-state index in [-0.39, 0.29) is 11.8 Å². The van der Waals surface area contributed by atoms with Crippen LogP contribution in [0.25, 0.3) is 0 Å². The zero-order valence-corrected chi connectivity index (χ0v) is 12.2. The summed E-state index contributed by atoms with van der Waals surface area (Å²) in [7, 11) is 1.80. The van der Waals surface area contributed by atoms with Crippen molar-refractivity contribution in [1.29, 1.82) is 0 Å². The monoisotopic (exact) mass is 289 g/mol. The normalized spacial score (nSPS) is 25.1. The van der Waals surface area contributed by atoms with Crippen LogP contribution in [0, 0.1) is 0 Å². The molecule has 1 fully saturated rings. The lowest BCUT2D eigenvalue weighted by Gasteiger charge is -2.34. The highest BCUT2D eigenvalue weighted by molar-refractivity contribution is 6.02. The van der Waals surface area contributed by atoms with Crippen LogP contribution in [0.2, 0.25) is 0 Å². The van der Waals surface area contributed by atoms with Gasteiger partial charge in [-0.05, 0) is 30.5 Å². The molecule has 2 heterocycles. The molecular weight excluding hydrogens is 270 g/mol. The number of benzene rings is 1. The fourth-order valence-electron chi connectivity index (χ4n) is 3.00. The summed E-state index contributed by atoms with van der Waals surface area (Å²) in [6.45, 7) is 2.07. The third-order valence-corrected chi connectivity index (χ3v) is 4.25. The average Bonchev–Trinajstić information content (AvgIpc) is 2.71. The van der Waals surface area contributed by atoms with Gasteiger partial charge in [0.15, 0.2) is 0 Å². The molecule has 2 atom stereocenters. The molecule has 0 spiro atoms. The van der Waals surface area contributed by atoms with Crippen molar-refractivity contribution < 1.29 is 14.7 Å². The molecule has 0 aromatic heterocycles. The summed E-state index contributed by atoms with van der Waals surface area (Å²) in [5, 5.41) is 12.8. The molecule has 3 rings (SSSR count). The highest BCUT2D eigenvalue weighted by Crippen LogP contribution is 2.40. The van der Waals surface area contributed by atoms with Gasteiger partial charge in [0.2, 0.25) is 18.2 Å². The Hall–Kier alpha value is -2.08. The number of hydrogen-bond donors (Lipinski definition) is 2. The van der Waals surface area contributed by atoms with Gasteiger partial charge < -0.3 is 14.9 Å². The molecule has 2 aliphatic rings. The van der Waals surface area contributed by atoms with Gasteiger partial charge in [-0.3, -0.25) is 14.9 Å². The molecule has 6 nitrogen and oxygen atoms in total. The molecule has 1 unspecified atom stereocenters. The molecule has 2 N–H and O–H groups in total. The number of nitrogens with zero attached hydrogens (tertiary/aromatic N) is 2. The zero-order valence-electron chi connectivity index (χ0n) is 12.2. The minimum absolute atomic E-state index is 0.250. The van der Waals surface area contributed by atoms with E-state index < -0.39 is 12.4 Å². The molecule has 1 saturated heterocycles. The smallest absolute Gasteiger partial charge is 0.249 e. The summed E-state index contributed by atoms with van der Waals surface area (Å²) in [4.78, 5) is 26.8. The minimum atomic E-state index is -0.893. The van der Waals surface area contributed by atoms with E-state index in [1.807, 2.05) is 18.2 Å². The van der Waals surface area contributed by atoms with E-state index in [1.165, 1.54) is 5.56 Å². The number of amides is 2. The Morgan fingerprint density at radius 3 is 2.76 bits per heavy atom. The molecule has 0 bridgehead atoms. The van der Waals surface area contributed by atoms with Gasteiger partial charge in [-0.25, -0.2) is 0 Å². The number of imide groups is 1. The maximum absolute atomic E-state index is 12.1. The first-order chi connectivity index (χ1) is 10.0. The summed E-state index contributed by atoms with van der Waals surface area (Å²) < 4.78 is 0. The van der Waals surface area contributed by atoms with E-state index in [4.69, 9.17) is 0 Å². The lowest BCUT2D eigenvalue weighted by Crippen LogP contribution is -2.56. The maximum Gasteiger partial charge on any atom is 0.249 e. The maximum atomic E-state index is 12.1. The second-order valence-electron chi connectivity index (χ2n) is 5.51. The van der Waals surface area contributed by atoms with Crippen molar-refractivity contribution >= 4 is 23.2 Å². The molecule has 21 heavy (non-hydrogen) atoms. The van der Waals surface area contributed by atoms with Crippen molar-refractivity contribution in [2.24, 2.45) is 0 Å². The van der Waals surface area contributed by atoms with Crippen LogP contribution in [0.3, 0.4) is 0 Å². The van der Waals surface area contributed by atoms with Crippen LogP contribution in [0.15, 0.2) is 18.2 Å². The van der Waals surface area contributed by atoms with E-state index in [0.717, 1.165) is 17.8 Å². The first kappa shape index (κ1) is 13.9. The Bertz CT molecular complexity index is 602.